The summed E-state index contributed by atoms with van der Waals surface area (Å²) in [5.41, 5.74) is 5.77. The van der Waals surface area contributed by atoms with Crippen molar-refractivity contribution in [1.29, 1.82) is 0 Å². The van der Waals surface area contributed by atoms with E-state index in [1.54, 1.807) is 29.2 Å². The summed E-state index contributed by atoms with van der Waals surface area (Å²) in [4.78, 5) is 28.0. The Kier molecular flexibility index (Phi) is 4.93. The quantitative estimate of drug-likeness (QED) is 0.457. The molecule has 34 heavy (non-hydrogen) atoms. The predicted molar refractivity (Wildman–Crippen MR) is 128 cm³/mol. The summed E-state index contributed by atoms with van der Waals surface area (Å²) in [6, 6.07) is 18.2. The van der Waals surface area contributed by atoms with E-state index in [9.17, 15) is 18.0 Å². The number of aryl methyl sites for hydroxylation is 2. The molecule has 0 saturated carbocycles. The van der Waals surface area contributed by atoms with Crippen LogP contribution in [0.1, 0.15) is 43.8 Å². The molecule has 0 atom stereocenters. The smallest absolute Gasteiger partial charge is 0.253 e. The lowest BCUT2D eigenvalue weighted by molar-refractivity contribution is 0.0698. The predicted octanol–water partition coefficient (Wildman–Crippen LogP) is 3.53. The van der Waals surface area contributed by atoms with E-state index in [2.05, 4.69) is 0 Å². The molecule has 1 amide bonds. The van der Waals surface area contributed by atoms with Gasteiger partial charge in [-0.3, -0.25) is 9.59 Å². The average molecular weight is 473 g/mol. The largest absolute Gasteiger partial charge is 0.336 e. The maximum atomic E-state index is 13.2. The van der Waals surface area contributed by atoms with E-state index in [0.29, 0.717) is 34.7 Å². The molecule has 3 aromatic rings. The standard InChI is InChI=1S/C27H24N2O4S/c30-26-24-7-2-1-6-22(24)23-11-9-20(17-25(23)26)27(31)28-12-14-29(15-13-28)34(32,33)21-10-8-18-4-3-5-19(18)16-21/h1-2,6-11,16-17H,3-5,12-15H2. The van der Waals surface area contributed by atoms with Gasteiger partial charge in [0.25, 0.3) is 5.91 Å². The number of carbonyl (C=O) groups excluding carboxylic acids is 2. The van der Waals surface area contributed by atoms with Crippen molar-refractivity contribution in [2.24, 2.45) is 0 Å². The molecule has 7 heteroatoms. The first kappa shape index (κ1) is 21.3. The molecule has 0 N–H and O–H groups in total. The van der Waals surface area contributed by atoms with Crippen LogP contribution in [0.25, 0.3) is 11.1 Å². The maximum Gasteiger partial charge on any atom is 0.253 e. The fourth-order valence-corrected chi connectivity index (χ4v) is 6.81. The SMILES string of the molecule is O=C1c2ccccc2-c2ccc(C(=O)N3CCN(S(=O)(=O)c4ccc5c(c4)CCC5)CC3)cc21. The molecule has 3 aliphatic rings. The van der Waals surface area contributed by atoms with Gasteiger partial charge in [0, 0.05) is 42.9 Å². The van der Waals surface area contributed by atoms with Gasteiger partial charge in [-0.2, -0.15) is 4.31 Å². The van der Waals surface area contributed by atoms with Crippen LogP contribution in [0, 0.1) is 0 Å². The highest BCUT2D eigenvalue weighted by Gasteiger charge is 2.32. The zero-order valence-electron chi connectivity index (χ0n) is 18.7. The Labute approximate surface area is 198 Å². The second-order valence-corrected chi connectivity index (χ2v) is 11.1. The van der Waals surface area contributed by atoms with E-state index >= 15 is 0 Å². The first-order chi connectivity index (χ1) is 16.4. The third-order valence-electron chi connectivity index (χ3n) is 7.21. The molecule has 1 saturated heterocycles. The lowest BCUT2D eigenvalue weighted by Crippen LogP contribution is -2.50. The van der Waals surface area contributed by atoms with Gasteiger partial charge in [0.2, 0.25) is 10.0 Å². The first-order valence-electron chi connectivity index (χ1n) is 11.6. The van der Waals surface area contributed by atoms with Crippen LogP contribution in [0.2, 0.25) is 0 Å². The van der Waals surface area contributed by atoms with Crippen molar-refractivity contribution in [2.75, 3.05) is 26.2 Å². The van der Waals surface area contributed by atoms with Gasteiger partial charge in [0.1, 0.15) is 0 Å². The number of hydrogen-bond donors (Lipinski definition) is 0. The summed E-state index contributed by atoms with van der Waals surface area (Å²) in [5, 5.41) is 0. The number of nitrogens with zero attached hydrogens (tertiary/aromatic N) is 2. The number of ketones is 1. The van der Waals surface area contributed by atoms with Crippen LogP contribution >= 0.6 is 0 Å². The molecule has 6 nitrogen and oxygen atoms in total. The van der Waals surface area contributed by atoms with Gasteiger partial charge < -0.3 is 4.90 Å². The molecule has 0 spiro atoms. The highest BCUT2D eigenvalue weighted by Crippen LogP contribution is 2.37. The number of hydrogen-bond acceptors (Lipinski definition) is 4. The lowest BCUT2D eigenvalue weighted by Gasteiger charge is -2.34. The number of carbonyl (C=O) groups is 2. The fourth-order valence-electron chi connectivity index (χ4n) is 5.33. The molecule has 172 valence electrons. The Balaban J connectivity index is 1.18. The van der Waals surface area contributed by atoms with E-state index in [1.807, 2.05) is 36.4 Å². The Morgan fingerprint density at radius 1 is 0.735 bits per heavy atom. The highest BCUT2D eigenvalue weighted by atomic mass is 32.2. The van der Waals surface area contributed by atoms with Crippen molar-refractivity contribution < 1.29 is 18.0 Å². The third kappa shape index (κ3) is 3.30. The fraction of sp³-hybridized carbons (Fsp3) is 0.259. The second kappa shape index (κ2) is 7.89. The molecule has 0 unspecified atom stereocenters. The normalized spacial score (nSPS) is 17.4. The molecular formula is C27H24N2O4S. The van der Waals surface area contributed by atoms with Crippen LogP contribution in [0.15, 0.2) is 65.6 Å². The van der Waals surface area contributed by atoms with Crippen molar-refractivity contribution in [3.63, 3.8) is 0 Å². The van der Waals surface area contributed by atoms with Gasteiger partial charge in [-0.25, -0.2) is 8.42 Å². The topological polar surface area (TPSA) is 74.8 Å². The van der Waals surface area contributed by atoms with Gasteiger partial charge in [0.05, 0.1) is 4.90 Å². The summed E-state index contributed by atoms with van der Waals surface area (Å²) in [7, 11) is -3.59. The molecule has 1 fully saturated rings. The Hall–Kier alpha value is -3.29. The molecule has 0 radical (unpaired) electrons. The maximum absolute atomic E-state index is 13.2. The van der Waals surface area contributed by atoms with Crippen molar-refractivity contribution in [2.45, 2.75) is 24.2 Å². The molecular weight excluding hydrogens is 448 g/mol. The van der Waals surface area contributed by atoms with Crippen LogP contribution in [0.5, 0.6) is 0 Å². The third-order valence-corrected chi connectivity index (χ3v) is 9.10. The average Bonchev–Trinajstić information content (AvgIpc) is 3.46. The number of fused-ring (bicyclic) bond motifs is 4. The zero-order valence-corrected chi connectivity index (χ0v) is 19.5. The van der Waals surface area contributed by atoms with Crippen LogP contribution in [-0.2, 0) is 22.9 Å². The van der Waals surface area contributed by atoms with Gasteiger partial charge in [-0.05, 0) is 65.8 Å². The summed E-state index contributed by atoms with van der Waals surface area (Å²) < 4.78 is 27.8. The van der Waals surface area contributed by atoms with E-state index in [1.165, 1.54) is 9.87 Å². The number of benzene rings is 3. The number of piperazine rings is 1. The molecule has 1 aliphatic heterocycles. The Morgan fingerprint density at radius 2 is 1.44 bits per heavy atom. The zero-order chi connectivity index (χ0) is 23.4. The van der Waals surface area contributed by atoms with Crippen LogP contribution in [0.4, 0.5) is 0 Å². The van der Waals surface area contributed by atoms with Crippen molar-refractivity contribution in [3.8, 4) is 11.1 Å². The lowest BCUT2D eigenvalue weighted by atomic mass is 10.0. The summed E-state index contributed by atoms with van der Waals surface area (Å²) in [6.07, 6.45) is 3.01. The van der Waals surface area contributed by atoms with Crippen LogP contribution in [0.3, 0.4) is 0 Å². The van der Waals surface area contributed by atoms with Gasteiger partial charge >= 0.3 is 0 Å². The number of sulfonamides is 1. The molecule has 3 aromatic carbocycles. The molecule has 0 bridgehead atoms. The monoisotopic (exact) mass is 472 g/mol. The Bertz CT molecular complexity index is 1450. The molecule has 1 heterocycles. The molecule has 6 rings (SSSR count). The van der Waals surface area contributed by atoms with Crippen LogP contribution in [-0.4, -0.2) is 55.5 Å². The van der Waals surface area contributed by atoms with Crippen molar-refractivity contribution >= 4 is 21.7 Å². The van der Waals surface area contributed by atoms with Gasteiger partial charge in [-0.1, -0.05) is 36.4 Å². The van der Waals surface area contributed by atoms with E-state index in [-0.39, 0.29) is 24.8 Å². The van der Waals surface area contributed by atoms with Gasteiger partial charge in [0.15, 0.2) is 5.78 Å². The van der Waals surface area contributed by atoms with E-state index in [0.717, 1.165) is 36.0 Å². The minimum Gasteiger partial charge on any atom is -0.336 e. The van der Waals surface area contributed by atoms with E-state index < -0.39 is 10.0 Å². The second-order valence-electron chi connectivity index (χ2n) is 9.12. The first-order valence-corrected chi connectivity index (χ1v) is 13.1. The molecule has 0 aromatic heterocycles. The highest BCUT2D eigenvalue weighted by molar-refractivity contribution is 7.89. The van der Waals surface area contributed by atoms with Gasteiger partial charge in [-0.15, -0.1) is 0 Å². The minimum atomic E-state index is -3.59. The summed E-state index contributed by atoms with van der Waals surface area (Å²) >= 11 is 0. The number of amides is 1. The summed E-state index contributed by atoms with van der Waals surface area (Å²) in [6.45, 7) is 1.13. The summed E-state index contributed by atoms with van der Waals surface area (Å²) in [5.74, 6) is -0.244. The van der Waals surface area contributed by atoms with Crippen molar-refractivity contribution in [1.82, 2.24) is 9.21 Å². The minimum absolute atomic E-state index is 0.0643. The molecule has 2 aliphatic carbocycles. The Morgan fingerprint density at radius 3 is 2.24 bits per heavy atom. The van der Waals surface area contributed by atoms with E-state index in [4.69, 9.17) is 0 Å². The number of rotatable bonds is 3. The van der Waals surface area contributed by atoms with Crippen LogP contribution < -0.4 is 0 Å². The van der Waals surface area contributed by atoms with Crippen molar-refractivity contribution in [3.05, 3.63) is 88.5 Å².